The van der Waals surface area contributed by atoms with Crippen LogP contribution in [-0.2, 0) is 6.42 Å². The van der Waals surface area contributed by atoms with E-state index in [1.165, 1.54) is 9.96 Å². The zero-order chi connectivity index (χ0) is 14.8. The van der Waals surface area contributed by atoms with Crippen molar-refractivity contribution in [2.24, 2.45) is 0 Å². The van der Waals surface area contributed by atoms with Crippen LogP contribution in [0.15, 0.2) is 41.2 Å². The number of anilines is 1. The molecule has 0 radical (unpaired) electrons. The van der Waals surface area contributed by atoms with E-state index in [9.17, 15) is 4.79 Å². The zero-order valence-corrected chi connectivity index (χ0v) is 12.0. The summed E-state index contributed by atoms with van der Waals surface area (Å²) in [5.41, 5.74) is 1.58. The number of hydrogen-bond donors (Lipinski definition) is 2. The van der Waals surface area contributed by atoms with Crippen molar-refractivity contribution in [2.45, 2.75) is 26.3 Å². The zero-order valence-electron chi connectivity index (χ0n) is 12.0. The minimum atomic E-state index is -0.265. The van der Waals surface area contributed by atoms with Gasteiger partial charge in [-0.3, -0.25) is 0 Å². The number of fused-ring (bicyclic) bond motifs is 1. The molecular formula is C15H17N5O. The Bertz CT molecular complexity index is 806. The predicted molar refractivity (Wildman–Crippen MR) is 81.6 cm³/mol. The molecule has 0 spiro atoms. The molecular weight excluding hydrogens is 266 g/mol. The number of hydrogen-bond acceptors (Lipinski definition) is 4. The third kappa shape index (κ3) is 2.79. The molecule has 108 valence electrons. The van der Waals surface area contributed by atoms with E-state index < -0.39 is 0 Å². The van der Waals surface area contributed by atoms with Crippen LogP contribution in [0.25, 0.3) is 5.65 Å². The molecule has 0 fully saturated rings. The van der Waals surface area contributed by atoms with Gasteiger partial charge in [-0.25, -0.2) is 19.3 Å². The molecule has 0 aliphatic rings. The van der Waals surface area contributed by atoms with Crippen molar-refractivity contribution in [3.05, 3.63) is 58.3 Å². The smallest absolute Gasteiger partial charge is 0.349 e. The van der Waals surface area contributed by atoms with Crippen molar-refractivity contribution in [1.29, 1.82) is 0 Å². The molecule has 0 aliphatic carbocycles. The SMILES string of the molecule is Cc1nc(NC(C)Cc2ccccc2)cc2n[nH]c(=O)n12. The van der Waals surface area contributed by atoms with E-state index in [2.05, 4.69) is 39.6 Å². The quantitative estimate of drug-likeness (QED) is 0.765. The Labute approximate surface area is 121 Å². The van der Waals surface area contributed by atoms with Crippen LogP contribution in [0.3, 0.4) is 0 Å². The third-order valence-corrected chi connectivity index (χ3v) is 3.35. The van der Waals surface area contributed by atoms with Crippen LogP contribution in [0.2, 0.25) is 0 Å². The van der Waals surface area contributed by atoms with Gasteiger partial charge in [-0.05, 0) is 25.8 Å². The molecule has 3 rings (SSSR count). The number of nitrogens with zero attached hydrogens (tertiary/aromatic N) is 3. The van der Waals surface area contributed by atoms with Crippen LogP contribution in [-0.4, -0.2) is 25.6 Å². The van der Waals surface area contributed by atoms with Gasteiger partial charge in [0.15, 0.2) is 5.65 Å². The average molecular weight is 283 g/mol. The Kier molecular flexibility index (Phi) is 3.43. The van der Waals surface area contributed by atoms with Gasteiger partial charge in [0.1, 0.15) is 11.6 Å². The van der Waals surface area contributed by atoms with Gasteiger partial charge in [-0.1, -0.05) is 30.3 Å². The van der Waals surface area contributed by atoms with Crippen molar-refractivity contribution in [3.8, 4) is 0 Å². The van der Waals surface area contributed by atoms with Crippen LogP contribution in [0, 0.1) is 6.92 Å². The van der Waals surface area contributed by atoms with Crippen molar-refractivity contribution in [1.82, 2.24) is 19.6 Å². The number of benzene rings is 1. The normalized spacial score (nSPS) is 12.5. The highest BCUT2D eigenvalue weighted by molar-refractivity contribution is 5.50. The molecule has 1 unspecified atom stereocenters. The van der Waals surface area contributed by atoms with Gasteiger partial charge in [-0.2, -0.15) is 5.10 Å². The number of aromatic nitrogens is 4. The molecule has 6 heteroatoms. The molecule has 0 amide bonds. The molecule has 1 aromatic carbocycles. The van der Waals surface area contributed by atoms with Crippen LogP contribution in [0.5, 0.6) is 0 Å². The lowest BCUT2D eigenvalue weighted by Gasteiger charge is -2.15. The minimum absolute atomic E-state index is 0.229. The highest BCUT2D eigenvalue weighted by Crippen LogP contribution is 2.11. The average Bonchev–Trinajstić information content (AvgIpc) is 2.81. The standard InChI is InChI=1S/C15H17N5O/c1-10(8-12-6-4-3-5-7-12)16-13-9-14-18-19-15(21)20(14)11(2)17-13/h3-7,9-10,16H,8H2,1-2H3,(H,19,21). The van der Waals surface area contributed by atoms with Crippen LogP contribution in [0.1, 0.15) is 18.3 Å². The Hall–Kier alpha value is -2.63. The Morgan fingerprint density at radius 1 is 1.33 bits per heavy atom. The van der Waals surface area contributed by atoms with Gasteiger partial charge >= 0.3 is 5.69 Å². The maximum atomic E-state index is 11.6. The van der Waals surface area contributed by atoms with E-state index in [0.29, 0.717) is 11.5 Å². The molecule has 2 aromatic heterocycles. The number of nitrogens with one attached hydrogen (secondary N) is 2. The van der Waals surface area contributed by atoms with Gasteiger partial charge in [-0.15, -0.1) is 0 Å². The van der Waals surface area contributed by atoms with Crippen molar-refractivity contribution < 1.29 is 0 Å². The molecule has 2 N–H and O–H groups in total. The van der Waals surface area contributed by atoms with E-state index in [1.807, 2.05) is 18.2 Å². The van der Waals surface area contributed by atoms with E-state index in [0.717, 1.165) is 12.2 Å². The lowest BCUT2D eigenvalue weighted by molar-refractivity contribution is 0.780. The molecule has 0 aliphatic heterocycles. The summed E-state index contributed by atoms with van der Waals surface area (Å²) in [5, 5.41) is 9.76. The van der Waals surface area contributed by atoms with Gasteiger partial charge in [0.2, 0.25) is 0 Å². The minimum Gasteiger partial charge on any atom is -0.367 e. The lowest BCUT2D eigenvalue weighted by Crippen LogP contribution is -2.20. The first-order valence-corrected chi connectivity index (χ1v) is 6.89. The van der Waals surface area contributed by atoms with Gasteiger partial charge in [0.05, 0.1) is 0 Å². The first-order valence-electron chi connectivity index (χ1n) is 6.89. The Morgan fingerprint density at radius 2 is 2.10 bits per heavy atom. The number of aromatic amines is 1. The first-order chi connectivity index (χ1) is 10.1. The van der Waals surface area contributed by atoms with Crippen molar-refractivity contribution in [2.75, 3.05) is 5.32 Å². The fraction of sp³-hybridized carbons (Fsp3) is 0.267. The second-order valence-electron chi connectivity index (χ2n) is 5.15. The van der Waals surface area contributed by atoms with E-state index in [1.54, 1.807) is 13.0 Å². The second-order valence-corrected chi connectivity index (χ2v) is 5.15. The van der Waals surface area contributed by atoms with Gasteiger partial charge < -0.3 is 5.32 Å². The molecule has 0 saturated carbocycles. The molecule has 21 heavy (non-hydrogen) atoms. The van der Waals surface area contributed by atoms with Crippen molar-refractivity contribution in [3.63, 3.8) is 0 Å². The first kappa shape index (κ1) is 13.4. The number of aryl methyl sites for hydroxylation is 1. The Morgan fingerprint density at radius 3 is 2.86 bits per heavy atom. The molecule has 0 saturated heterocycles. The molecule has 0 bridgehead atoms. The molecule has 2 heterocycles. The summed E-state index contributed by atoms with van der Waals surface area (Å²) >= 11 is 0. The van der Waals surface area contributed by atoms with Crippen LogP contribution in [0.4, 0.5) is 5.82 Å². The summed E-state index contributed by atoms with van der Waals surface area (Å²) < 4.78 is 1.45. The Balaban J connectivity index is 1.80. The van der Waals surface area contributed by atoms with E-state index >= 15 is 0 Å². The molecule has 1 atom stereocenters. The summed E-state index contributed by atoms with van der Waals surface area (Å²) in [6, 6.07) is 12.3. The summed E-state index contributed by atoms with van der Waals surface area (Å²) in [6.45, 7) is 3.89. The number of rotatable bonds is 4. The maximum absolute atomic E-state index is 11.6. The summed E-state index contributed by atoms with van der Waals surface area (Å²) in [7, 11) is 0. The largest absolute Gasteiger partial charge is 0.367 e. The maximum Gasteiger partial charge on any atom is 0.349 e. The summed E-state index contributed by atoms with van der Waals surface area (Å²) in [6.07, 6.45) is 0.903. The van der Waals surface area contributed by atoms with Gasteiger partial charge in [0, 0.05) is 12.1 Å². The molecule has 6 nitrogen and oxygen atoms in total. The highest BCUT2D eigenvalue weighted by Gasteiger charge is 2.09. The second kappa shape index (κ2) is 5.40. The van der Waals surface area contributed by atoms with E-state index in [-0.39, 0.29) is 11.7 Å². The molecule has 3 aromatic rings. The number of H-pyrrole nitrogens is 1. The third-order valence-electron chi connectivity index (χ3n) is 3.35. The fourth-order valence-corrected chi connectivity index (χ4v) is 2.44. The van der Waals surface area contributed by atoms with Crippen molar-refractivity contribution >= 4 is 11.5 Å². The van der Waals surface area contributed by atoms with Crippen LogP contribution < -0.4 is 11.0 Å². The van der Waals surface area contributed by atoms with E-state index in [4.69, 9.17) is 0 Å². The van der Waals surface area contributed by atoms with Crippen LogP contribution >= 0.6 is 0 Å². The monoisotopic (exact) mass is 283 g/mol. The lowest BCUT2D eigenvalue weighted by atomic mass is 10.1. The highest BCUT2D eigenvalue weighted by atomic mass is 16.1. The van der Waals surface area contributed by atoms with Gasteiger partial charge in [0.25, 0.3) is 0 Å². The summed E-state index contributed by atoms with van der Waals surface area (Å²) in [4.78, 5) is 16.0. The summed E-state index contributed by atoms with van der Waals surface area (Å²) in [5.74, 6) is 1.34. The fourth-order valence-electron chi connectivity index (χ4n) is 2.44. The topological polar surface area (TPSA) is 75.1 Å². The predicted octanol–water partition coefficient (Wildman–Crippen LogP) is 1.77.